The average Bonchev–Trinajstić information content (AvgIpc) is 2.99. The van der Waals surface area contributed by atoms with Crippen molar-refractivity contribution in [3.63, 3.8) is 0 Å². The molecule has 0 heterocycles. The number of fused-ring (bicyclic) bond motifs is 3. The van der Waals surface area contributed by atoms with Crippen LogP contribution in [0.4, 0.5) is 4.79 Å². The van der Waals surface area contributed by atoms with Gasteiger partial charge < -0.3 is 20.5 Å². The molecule has 0 saturated heterocycles. The molecule has 0 fully saturated rings. The van der Waals surface area contributed by atoms with Crippen LogP contribution in [0.3, 0.4) is 0 Å². The van der Waals surface area contributed by atoms with Crippen LogP contribution in [-0.4, -0.2) is 41.8 Å². The lowest BCUT2D eigenvalue weighted by molar-refractivity contribution is -0.137. The summed E-state index contributed by atoms with van der Waals surface area (Å²) in [5, 5.41) is 13.8. The van der Waals surface area contributed by atoms with E-state index in [2.05, 4.69) is 22.8 Å². The summed E-state index contributed by atoms with van der Waals surface area (Å²) in [5.74, 6) is -1.53. The predicted molar refractivity (Wildman–Crippen MR) is 108 cm³/mol. The molecule has 0 aliphatic heterocycles. The number of hydrogen-bond donors (Lipinski definition) is 3. The third-order valence-electron chi connectivity index (χ3n) is 4.94. The molecule has 2 atom stereocenters. The minimum absolute atomic E-state index is 0.0622. The van der Waals surface area contributed by atoms with Crippen molar-refractivity contribution < 1.29 is 24.2 Å². The van der Waals surface area contributed by atoms with E-state index in [0.717, 1.165) is 22.3 Å². The number of alkyl carbamates (subject to hydrolysis) is 1. The number of benzene rings is 2. The van der Waals surface area contributed by atoms with Crippen LogP contribution in [0.1, 0.15) is 37.3 Å². The van der Waals surface area contributed by atoms with Gasteiger partial charge in [-0.25, -0.2) is 4.79 Å². The van der Waals surface area contributed by atoms with Crippen LogP contribution in [0.25, 0.3) is 11.1 Å². The maximum absolute atomic E-state index is 12.2. The molecule has 0 unspecified atom stereocenters. The number of amides is 2. The van der Waals surface area contributed by atoms with E-state index in [4.69, 9.17) is 9.84 Å². The van der Waals surface area contributed by atoms with Gasteiger partial charge in [0.25, 0.3) is 0 Å². The largest absolute Gasteiger partial charge is 0.481 e. The van der Waals surface area contributed by atoms with E-state index in [1.165, 1.54) is 6.92 Å². The Morgan fingerprint density at radius 2 is 1.52 bits per heavy atom. The van der Waals surface area contributed by atoms with Gasteiger partial charge in [0, 0.05) is 12.0 Å². The lowest BCUT2D eigenvalue weighted by atomic mass is 9.98. The van der Waals surface area contributed by atoms with Crippen molar-refractivity contribution in [3.8, 4) is 11.1 Å². The van der Waals surface area contributed by atoms with Gasteiger partial charge in [-0.1, -0.05) is 48.5 Å². The van der Waals surface area contributed by atoms with Gasteiger partial charge in [0.1, 0.15) is 12.6 Å². The lowest BCUT2D eigenvalue weighted by Crippen LogP contribution is -2.48. The standard InChI is InChI=1S/C22H24N2O5/c1-13(11-20(25)26)23-21(27)14(2)24-22(28)29-12-19-17-9-5-3-7-15(17)16-8-4-6-10-18(16)19/h3-10,13-14,19H,11-12H2,1-2H3,(H,23,27)(H,24,28)(H,25,26)/t13-,14+/m0/s1. The molecule has 2 aromatic carbocycles. The highest BCUT2D eigenvalue weighted by Gasteiger charge is 2.29. The van der Waals surface area contributed by atoms with Crippen LogP contribution < -0.4 is 10.6 Å². The van der Waals surface area contributed by atoms with Crippen LogP contribution in [0.2, 0.25) is 0 Å². The predicted octanol–water partition coefficient (Wildman–Crippen LogP) is 2.89. The number of carboxylic acids is 1. The van der Waals surface area contributed by atoms with Crippen LogP contribution in [0, 0.1) is 0 Å². The summed E-state index contributed by atoms with van der Waals surface area (Å²) in [7, 11) is 0. The third kappa shape index (κ3) is 4.74. The quantitative estimate of drug-likeness (QED) is 0.667. The molecule has 29 heavy (non-hydrogen) atoms. The maximum atomic E-state index is 12.2. The number of aliphatic carboxylic acids is 1. The first kappa shape index (κ1) is 20.4. The molecule has 0 saturated carbocycles. The number of hydrogen-bond acceptors (Lipinski definition) is 4. The molecule has 3 rings (SSSR count). The van der Waals surface area contributed by atoms with Gasteiger partial charge >= 0.3 is 12.1 Å². The number of nitrogens with one attached hydrogen (secondary N) is 2. The Kier molecular flexibility index (Phi) is 6.16. The highest BCUT2D eigenvalue weighted by Crippen LogP contribution is 2.44. The highest BCUT2D eigenvalue weighted by molar-refractivity contribution is 5.86. The van der Waals surface area contributed by atoms with Gasteiger partial charge in [0.15, 0.2) is 0 Å². The number of carbonyl (C=O) groups is 3. The Labute approximate surface area is 169 Å². The van der Waals surface area contributed by atoms with Crippen molar-refractivity contribution in [2.24, 2.45) is 0 Å². The fourth-order valence-corrected chi connectivity index (χ4v) is 3.56. The summed E-state index contributed by atoms with van der Waals surface area (Å²) in [5.41, 5.74) is 4.49. The third-order valence-corrected chi connectivity index (χ3v) is 4.94. The second-order valence-electron chi connectivity index (χ2n) is 7.20. The summed E-state index contributed by atoms with van der Waals surface area (Å²) in [6.45, 7) is 3.26. The lowest BCUT2D eigenvalue weighted by Gasteiger charge is -2.18. The van der Waals surface area contributed by atoms with Crippen LogP contribution in [-0.2, 0) is 14.3 Å². The first-order valence-corrected chi connectivity index (χ1v) is 9.50. The second-order valence-corrected chi connectivity index (χ2v) is 7.20. The van der Waals surface area contributed by atoms with Gasteiger partial charge in [0.2, 0.25) is 5.91 Å². The minimum atomic E-state index is -1.00. The zero-order chi connectivity index (χ0) is 21.0. The molecule has 3 N–H and O–H groups in total. The van der Waals surface area contributed by atoms with Gasteiger partial charge in [0.05, 0.1) is 6.42 Å². The number of carbonyl (C=O) groups excluding carboxylic acids is 2. The molecule has 2 aromatic rings. The van der Waals surface area contributed by atoms with E-state index in [-0.39, 0.29) is 18.9 Å². The minimum Gasteiger partial charge on any atom is -0.481 e. The molecule has 1 aliphatic rings. The van der Waals surface area contributed by atoms with Crippen molar-refractivity contribution in [3.05, 3.63) is 59.7 Å². The molecule has 152 valence electrons. The van der Waals surface area contributed by atoms with Gasteiger partial charge in [-0.15, -0.1) is 0 Å². The Morgan fingerprint density at radius 1 is 0.966 bits per heavy atom. The first-order valence-electron chi connectivity index (χ1n) is 9.50. The van der Waals surface area contributed by atoms with Crippen LogP contribution in [0.5, 0.6) is 0 Å². The molecular weight excluding hydrogens is 372 g/mol. The topological polar surface area (TPSA) is 105 Å². The summed E-state index contributed by atoms with van der Waals surface area (Å²) >= 11 is 0. The molecule has 0 spiro atoms. The highest BCUT2D eigenvalue weighted by atomic mass is 16.5. The molecule has 1 aliphatic carbocycles. The molecule has 0 bridgehead atoms. The SMILES string of the molecule is C[C@@H](CC(=O)O)NC(=O)[C@@H](C)NC(=O)OCC1c2ccccc2-c2ccccc21. The Morgan fingerprint density at radius 3 is 2.07 bits per heavy atom. The van der Waals surface area contributed by atoms with Gasteiger partial charge in [-0.2, -0.15) is 0 Å². The Bertz CT molecular complexity index is 881. The zero-order valence-electron chi connectivity index (χ0n) is 16.3. The summed E-state index contributed by atoms with van der Waals surface area (Å²) in [6.07, 6.45) is -0.885. The number of rotatable bonds is 7. The first-order chi connectivity index (χ1) is 13.9. The summed E-state index contributed by atoms with van der Waals surface area (Å²) in [4.78, 5) is 35.0. The van der Waals surface area contributed by atoms with Gasteiger partial charge in [-0.05, 0) is 36.1 Å². The number of ether oxygens (including phenoxy) is 1. The van der Waals surface area contributed by atoms with E-state index in [1.807, 2.05) is 36.4 Å². The van der Waals surface area contributed by atoms with E-state index >= 15 is 0 Å². The number of carboxylic acid groups (broad SMARTS) is 1. The molecule has 7 heteroatoms. The van der Waals surface area contributed by atoms with Gasteiger partial charge in [-0.3, -0.25) is 9.59 Å². The van der Waals surface area contributed by atoms with E-state index in [0.29, 0.717) is 0 Å². The fraction of sp³-hybridized carbons (Fsp3) is 0.318. The van der Waals surface area contributed by atoms with E-state index < -0.39 is 30.1 Å². The molecule has 7 nitrogen and oxygen atoms in total. The van der Waals surface area contributed by atoms with Crippen LogP contribution >= 0.6 is 0 Å². The van der Waals surface area contributed by atoms with Crippen molar-refractivity contribution in [2.75, 3.05) is 6.61 Å². The van der Waals surface area contributed by atoms with Crippen LogP contribution in [0.15, 0.2) is 48.5 Å². The normalized spacial score (nSPS) is 14.3. The molecular formula is C22H24N2O5. The van der Waals surface area contributed by atoms with E-state index in [9.17, 15) is 14.4 Å². The molecule has 2 amide bonds. The Balaban J connectivity index is 1.57. The second kappa shape index (κ2) is 8.77. The van der Waals surface area contributed by atoms with Crippen molar-refractivity contribution in [1.82, 2.24) is 10.6 Å². The Hall–Kier alpha value is -3.35. The van der Waals surface area contributed by atoms with Crippen molar-refractivity contribution in [1.29, 1.82) is 0 Å². The van der Waals surface area contributed by atoms with E-state index in [1.54, 1.807) is 6.92 Å². The maximum Gasteiger partial charge on any atom is 0.407 e. The molecule has 0 aromatic heterocycles. The summed E-state index contributed by atoms with van der Waals surface area (Å²) in [6, 6.07) is 14.7. The fourth-order valence-electron chi connectivity index (χ4n) is 3.56. The summed E-state index contributed by atoms with van der Waals surface area (Å²) < 4.78 is 5.41. The smallest absolute Gasteiger partial charge is 0.407 e. The zero-order valence-corrected chi connectivity index (χ0v) is 16.3. The average molecular weight is 396 g/mol. The van der Waals surface area contributed by atoms with Crippen molar-refractivity contribution >= 4 is 18.0 Å². The molecule has 0 radical (unpaired) electrons. The monoisotopic (exact) mass is 396 g/mol. The van der Waals surface area contributed by atoms with Crippen molar-refractivity contribution in [2.45, 2.75) is 38.3 Å².